The first-order chi connectivity index (χ1) is 9.44. The number of hydrogen-bond acceptors (Lipinski definition) is 4. The highest BCUT2D eigenvalue weighted by Crippen LogP contribution is 2.16. The van der Waals surface area contributed by atoms with Gasteiger partial charge in [-0.25, -0.2) is 8.42 Å². The number of carboxylic acid groups (broad SMARTS) is 2. The minimum atomic E-state index is -3.63. The molecule has 2 N–H and O–H groups in total. The van der Waals surface area contributed by atoms with Crippen LogP contribution in [0.25, 0.3) is 0 Å². The second-order valence-corrected chi connectivity index (χ2v) is 7.05. The zero-order valence-electron chi connectivity index (χ0n) is 12.7. The largest absolute Gasteiger partial charge is 0.481 e. The highest BCUT2D eigenvalue weighted by molar-refractivity contribution is 7.97. The third-order valence-electron chi connectivity index (χ3n) is 2.83. The zero-order valence-corrected chi connectivity index (χ0v) is 13.5. The van der Waals surface area contributed by atoms with Gasteiger partial charge in [0.1, 0.15) is 0 Å². The monoisotopic (exact) mass is 318 g/mol. The molecule has 0 rings (SSSR count). The van der Waals surface area contributed by atoms with Crippen molar-refractivity contribution in [2.24, 2.45) is 11.8 Å². The van der Waals surface area contributed by atoms with Gasteiger partial charge in [-0.3, -0.25) is 9.59 Å². The molecule has 0 saturated carbocycles. The topological polar surface area (TPSA) is 109 Å². The number of rotatable bonds is 8. The van der Waals surface area contributed by atoms with E-state index in [1.165, 1.54) is 13.8 Å². The Kier molecular flexibility index (Phi) is 7.35. The van der Waals surface area contributed by atoms with E-state index in [-0.39, 0.29) is 12.8 Å². The van der Waals surface area contributed by atoms with E-state index < -0.39 is 33.6 Å². The van der Waals surface area contributed by atoms with Gasteiger partial charge in [-0.15, -0.1) is 0 Å². The van der Waals surface area contributed by atoms with E-state index in [9.17, 15) is 18.0 Å². The van der Waals surface area contributed by atoms with Crippen molar-refractivity contribution in [3.63, 3.8) is 0 Å². The normalized spacial score (nSPS) is 16.4. The minimum Gasteiger partial charge on any atom is -0.481 e. The van der Waals surface area contributed by atoms with Crippen molar-refractivity contribution in [1.29, 1.82) is 0 Å². The fraction of sp³-hybridized carbons (Fsp3) is 0.571. The molecule has 0 radical (unpaired) electrons. The summed E-state index contributed by atoms with van der Waals surface area (Å²) in [5, 5.41) is 19.6. The van der Waals surface area contributed by atoms with Gasteiger partial charge in [0, 0.05) is 10.8 Å². The average molecular weight is 318 g/mol. The molecule has 7 heteroatoms. The number of allylic oxidation sites excluding steroid dienone is 2. The number of sulfone groups is 1. The summed E-state index contributed by atoms with van der Waals surface area (Å²) in [4.78, 5) is 21.4. The molecule has 0 amide bonds. The Labute approximate surface area is 125 Å². The number of aliphatic carboxylic acids is 2. The van der Waals surface area contributed by atoms with Gasteiger partial charge < -0.3 is 10.2 Å². The Hall–Kier alpha value is -1.63. The van der Waals surface area contributed by atoms with Crippen LogP contribution in [0.2, 0.25) is 0 Å². The second kappa shape index (κ2) is 7.97. The summed E-state index contributed by atoms with van der Waals surface area (Å²) in [7, 11) is -3.63. The van der Waals surface area contributed by atoms with E-state index in [1.807, 2.05) is 0 Å². The van der Waals surface area contributed by atoms with Gasteiger partial charge >= 0.3 is 11.9 Å². The van der Waals surface area contributed by atoms with Crippen LogP contribution in [-0.4, -0.2) is 30.6 Å². The summed E-state index contributed by atoms with van der Waals surface area (Å²) in [6, 6.07) is 0. The lowest BCUT2D eigenvalue weighted by molar-refractivity contribution is -0.142. The van der Waals surface area contributed by atoms with Crippen LogP contribution in [0, 0.1) is 11.8 Å². The van der Waals surface area contributed by atoms with Gasteiger partial charge in [-0.2, -0.15) is 0 Å². The first-order valence-electron chi connectivity index (χ1n) is 6.49. The summed E-state index contributed by atoms with van der Waals surface area (Å²) in [6.07, 6.45) is 0.292. The van der Waals surface area contributed by atoms with Gasteiger partial charge in [-0.1, -0.05) is 25.0 Å². The summed E-state index contributed by atoms with van der Waals surface area (Å²) < 4.78 is 23.8. The molecule has 2 unspecified atom stereocenters. The van der Waals surface area contributed by atoms with E-state index in [0.29, 0.717) is 11.1 Å². The van der Waals surface area contributed by atoms with Gasteiger partial charge in [0.15, 0.2) is 9.84 Å². The standard InChI is InChI=1S/C14H22O6S/c1-9(5-11(3)13(15)16)7-21(19,20)8-10(2)6-12(4)14(17)18/h7-8,11-12H,5-6H2,1-4H3,(H,15,16)(H,17,18)/b9-7+,10-8+. The molecule has 0 aromatic carbocycles. The third kappa shape index (κ3) is 8.29. The van der Waals surface area contributed by atoms with Crippen LogP contribution in [0.4, 0.5) is 0 Å². The SMILES string of the molecule is C/C(=C\S(=O)(=O)/C=C(\C)CC(C)C(=O)O)CC(C)C(=O)O. The molecule has 2 atom stereocenters. The molecular weight excluding hydrogens is 296 g/mol. The summed E-state index contributed by atoms with van der Waals surface area (Å²) in [6.45, 7) is 6.11. The minimum absolute atomic E-state index is 0.146. The Bertz CT molecular complexity index is 512. The zero-order chi connectivity index (χ0) is 16.8. The van der Waals surface area contributed by atoms with E-state index in [2.05, 4.69) is 0 Å². The van der Waals surface area contributed by atoms with E-state index >= 15 is 0 Å². The van der Waals surface area contributed by atoms with Crippen molar-refractivity contribution < 1.29 is 28.2 Å². The van der Waals surface area contributed by atoms with Gasteiger partial charge in [-0.05, 0) is 26.7 Å². The third-order valence-corrected chi connectivity index (χ3v) is 4.29. The maximum Gasteiger partial charge on any atom is 0.306 e. The fourth-order valence-electron chi connectivity index (χ4n) is 1.83. The Morgan fingerprint density at radius 2 is 1.19 bits per heavy atom. The second-order valence-electron chi connectivity index (χ2n) is 5.40. The number of carbonyl (C=O) groups is 2. The highest BCUT2D eigenvalue weighted by atomic mass is 32.2. The maximum absolute atomic E-state index is 11.9. The van der Waals surface area contributed by atoms with Crippen molar-refractivity contribution in [1.82, 2.24) is 0 Å². The first kappa shape index (κ1) is 19.4. The molecule has 120 valence electrons. The molecule has 0 heterocycles. The van der Waals surface area contributed by atoms with Gasteiger partial charge in [0.25, 0.3) is 0 Å². The molecule has 0 fully saturated rings. The van der Waals surface area contributed by atoms with Crippen molar-refractivity contribution in [3.05, 3.63) is 22.0 Å². The van der Waals surface area contributed by atoms with Crippen molar-refractivity contribution >= 4 is 21.8 Å². The Morgan fingerprint density at radius 3 is 1.43 bits per heavy atom. The smallest absolute Gasteiger partial charge is 0.306 e. The molecule has 0 aliphatic carbocycles. The van der Waals surface area contributed by atoms with Crippen LogP contribution in [0.5, 0.6) is 0 Å². The Balaban J connectivity index is 4.97. The highest BCUT2D eigenvalue weighted by Gasteiger charge is 2.15. The lowest BCUT2D eigenvalue weighted by atomic mass is 10.0. The molecule has 0 spiro atoms. The number of carboxylic acids is 2. The number of hydrogen-bond donors (Lipinski definition) is 2. The first-order valence-corrected chi connectivity index (χ1v) is 8.10. The van der Waals surface area contributed by atoms with Crippen LogP contribution in [-0.2, 0) is 19.4 Å². The molecule has 0 saturated heterocycles. The van der Waals surface area contributed by atoms with E-state index in [4.69, 9.17) is 10.2 Å². The molecule has 0 aromatic heterocycles. The van der Waals surface area contributed by atoms with Crippen LogP contribution >= 0.6 is 0 Å². The molecule has 6 nitrogen and oxygen atoms in total. The molecule has 0 aromatic rings. The van der Waals surface area contributed by atoms with Crippen molar-refractivity contribution in [3.8, 4) is 0 Å². The summed E-state index contributed by atoms with van der Waals surface area (Å²) in [5.41, 5.74) is 0.889. The predicted octanol–water partition coefficient (Wildman–Crippen LogP) is 2.43. The van der Waals surface area contributed by atoms with E-state index in [1.54, 1.807) is 13.8 Å². The summed E-state index contributed by atoms with van der Waals surface area (Å²) in [5.74, 6) is -3.29. The van der Waals surface area contributed by atoms with Crippen LogP contribution in [0.3, 0.4) is 0 Å². The van der Waals surface area contributed by atoms with Gasteiger partial charge in [0.05, 0.1) is 11.8 Å². The van der Waals surface area contributed by atoms with Crippen LogP contribution < -0.4 is 0 Å². The molecule has 0 aliphatic heterocycles. The molecule has 0 aliphatic rings. The van der Waals surface area contributed by atoms with Gasteiger partial charge in [0.2, 0.25) is 0 Å². The lowest BCUT2D eigenvalue weighted by Crippen LogP contribution is -2.10. The van der Waals surface area contributed by atoms with Crippen LogP contribution in [0.1, 0.15) is 40.5 Å². The molecule has 0 bridgehead atoms. The predicted molar refractivity (Wildman–Crippen MR) is 79.3 cm³/mol. The fourth-order valence-corrected chi connectivity index (χ4v) is 3.21. The molecule has 21 heavy (non-hydrogen) atoms. The van der Waals surface area contributed by atoms with Crippen LogP contribution in [0.15, 0.2) is 22.0 Å². The van der Waals surface area contributed by atoms with Crippen molar-refractivity contribution in [2.75, 3.05) is 0 Å². The Morgan fingerprint density at radius 1 is 0.905 bits per heavy atom. The van der Waals surface area contributed by atoms with E-state index in [0.717, 1.165) is 10.8 Å². The lowest BCUT2D eigenvalue weighted by Gasteiger charge is -2.07. The molecular formula is C14H22O6S. The average Bonchev–Trinajstić information content (AvgIpc) is 2.25. The quantitative estimate of drug-likeness (QED) is 0.711. The summed E-state index contributed by atoms with van der Waals surface area (Å²) >= 11 is 0. The van der Waals surface area contributed by atoms with Crippen molar-refractivity contribution in [2.45, 2.75) is 40.5 Å². The maximum atomic E-state index is 11.9.